The van der Waals surface area contributed by atoms with E-state index in [1.165, 1.54) is 25.3 Å². The third-order valence-corrected chi connectivity index (χ3v) is 9.24. The highest BCUT2D eigenvalue weighted by molar-refractivity contribution is 6.24. The van der Waals surface area contributed by atoms with Crippen molar-refractivity contribution in [2.45, 2.75) is 57.1 Å². The number of Topliss-reactive ketones (excluding diaryl/α,β-unsaturated/α-hetero) is 3. The smallest absolute Gasteiger partial charge is 0.225 e. The first kappa shape index (κ1) is 29.9. The van der Waals surface area contributed by atoms with E-state index in [-0.39, 0.29) is 30.6 Å². The number of nitrogens with two attached hydrogens (primary N) is 1. The summed E-state index contributed by atoms with van der Waals surface area (Å²) in [4.78, 5) is 54.6. The molecule has 1 unspecified atom stereocenters. The van der Waals surface area contributed by atoms with Crippen LogP contribution < -0.4 is 10.5 Å². The number of carbonyl (C=O) groups is 4. The molecular formula is C32H38N2O8. The van der Waals surface area contributed by atoms with Gasteiger partial charge in [-0.05, 0) is 86.0 Å². The van der Waals surface area contributed by atoms with Crippen molar-refractivity contribution < 1.29 is 39.2 Å². The van der Waals surface area contributed by atoms with Crippen LogP contribution in [0.25, 0.3) is 11.1 Å². The number of benzene rings is 2. The maximum atomic E-state index is 14.0. The Kier molecular flexibility index (Phi) is 8.50. The topological polar surface area (TPSA) is 167 Å². The molecular weight excluding hydrogens is 540 g/mol. The summed E-state index contributed by atoms with van der Waals surface area (Å²) in [5.74, 6) is -6.44. The van der Waals surface area contributed by atoms with Gasteiger partial charge < -0.3 is 25.8 Å². The number of phenolic OH excluding ortho intramolecular Hbond substituents is 1. The zero-order valence-electron chi connectivity index (χ0n) is 23.8. The number of hydrogen-bond donors (Lipinski definition) is 4. The first-order valence-electron chi connectivity index (χ1n) is 14.6. The number of rotatable bonds is 9. The van der Waals surface area contributed by atoms with Crippen molar-refractivity contribution in [3.05, 3.63) is 47.0 Å². The Morgan fingerprint density at radius 3 is 2.50 bits per heavy atom. The molecule has 1 saturated heterocycles. The quantitative estimate of drug-likeness (QED) is 0.326. The summed E-state index contributed by atoms with van der Waals surface area (Å²) in [6.45, 7) is 2.44. The molecule has 4 atom stereocenters. The number of aromatic hydroxyl groups is 1. The Balaban J connectivity index is 1.57. The Labute approximate surface area is 244 Å². The van der Waals surface area contributed by atoms with Gasteiger partial charge in [0.15, 0.2) is 23.0 Å². The number of fused-ring (bicyclic) bond motifs is 2. The van der Waals surface area contributed by atoms with Crippen LogP contribution in [0.3, 0.4) is 0 Å². The van der Waals surface area contributed by atoms with Gasteiger partial charge in [-0.1, -0.05) is 18.6 Å². The summed E-state index contributed by atoms with van der Waals surface area (Å²) >= 11 is 0. The fourth-order valence-electron chi connectivity index (χ4n) is 7.23. The molecule has 2 fully saturated rings. The predicted octanol–water partition coefficient (Wildman–Crippen LogP) is 2.17. The second-order valence-corrected chi connectivity index (χ2v) is 11.8. The monoisotopic (exact) mass is 578 g/mol. The lowest BCUT2D eigenvalue weighted by atomic mass is 9.57. The van der Waals surface area contributed by atoms with Gasteiger partial charge in [0.1, 0.15) is 11.5 Å². The SMILES string of the molecule is COc1ccc(CN2CCCCC2)cc1-c1ccc(O)c2c1C[C@H]1C[C@@H](CCO)[C@@](O)(C(=O)CC(N)=O)C(=O)C1C2=O. The molecule has 2 aromatic carbocycles. The third kappa shape index (κ3) is 5.23. The third-order valence-electron chi connectivity index (χ3n) is 9.24. The molecule has 2 aromatic rings. The molecule has 5 N–H and O–H groups in total. The molecule has 2 aliphatic carbocycles. The van der Waals surface area contributed by atoms with Crippen LogP contribution in [0.1, 0.15) is 60.0 Å². The van der Waals surface area contributed by atoms with Crippen molar-refractivity contribution >= 4 is 23.3 Å². The summed E-state index contributed by atoms with van der Waals surface area (Å²) in [5, 5.41) is 32.0. The van der Waals surface area contributed by atoms with Crippen molar-refractivity contribution in [1.82, 2.24) is 4.90 Å². The second kappa shape index (κ2) is 11.9. The zero-order valence-corrected chi connectivity index (χ0v) is 23.8. The number of amides is 1. The van der Waals surface area contributed by atoms with Crippen LogP contribution >= 0.6 is 0 Å². The molecule has 0 spiro atoms. The number of aliphatic hydroxyl groups excluding tert-OH is 1. The minimum Gasteiger partial charge on any atom is -0.507 e. The van der Waals surface area contributed by atoms with Crippen molar-refractivity contribution in [1.29, 1.82) is 0 Å². The number of methoxy groups -OCH3 is 1. The van der Waals surface area contributed by atoms with E-state index in [2.05, 4.69) is 4.90 Å². The van der Waals surface area contributed by atoms with Crippen molar-refractivity contribution in [3.8, 4) is 22.6 Å². The highest BCUT2D eigenvalue weighted by atomic mass is 16.5. The number of ether oxygens (including phenoxy) is 1. The van der Waals surface area contributed by atoms with Crippen LogP contribution in [0.15, 0.2) is 30.3 Å². The summed E-state index contributed by atoms with van der Waals surface area (Å²) in [6.07, 6.45) is 2.94. The minimum atomic E-state index is -2.63. The number of likely N-dealkylation sites (tertiary alicyclic amines) is 1. The standard InChI is InChI=1S/C32H38N2O8/c1-42-25-8-5-18(17-34-10-3-2-4-11-34)13-22(25)21-6-7-24(36)29-23(21)15-19-14-20(9-12-35)32(41,26(37)16-27(33)38)31(40)28(19)30(29)39/h5-8,13,19-20,28,35-36,41H,2-4,9-12,14-17H2,1H3,(H2,33,38)/t19-,20-,28?,32-/m1/s1. The predicted molar refractivity (Wildman–Crippen MR) is 153 cm³/mol. The van der Waals surface area contributed by atoms with Gasteiger partial charge in [-0.25, -0.2) is 0 Å². The first-order valence-corrected chi connectivity index (χ1v) is 14.6. The molecule has 10 nitrogen and oxygen atoms in total. The van der Waals surface area contributed by atoms with Crippen molar-refractivity contribution in [2.75, 3.05) is 26.8 Å². The highest BCUT2D eigenvalue weighted by Gasteiger charge is 2.60. The van der Waals surface area contributed by atoms with Crippen LogP contribution in [0.2, 0.25) is 0 Å². The van der Waals surface area contributed by atoms with Crippen molar-refractivity contribution in [3.63, 3.8) is 0 Å². The van der Waals surface area contributed by atoms with E-state index in [0.29, 0.717) is 16.9 Å². The van der Waals surface area contributed by atoms with Gasteiger partial charge >= 0.3 is 0 Å². The fourth-order valence-corrected chi connectivity index (χ4v) is 7.23. The minimum absolute atomic E-state index is 0.0177. The van der Waals surface area contributed by atoms with Crippen molar-refractivity contribution in [2.24, 2.45) is 23.5 Å². The van der Waals surface area contributed by atoms with Crippen LogP contribution in [-0.2, 0) is 27.3 Å². The van der Waals surface area contributed by atoms with E-state index in [9.17, 15) is 34.5 Å². The van der Waals surface area contributed by atoms with Crippen LogP contribution in [-0.4, -0.2) is 75.9 Å². The highest BCUT2D eigenvalue weighted by Crippen LogP contribution is 2.50. The number of ketones is 3. The van der Waals surface area contributed by atoms with Crippen LogP contribution in [0, 0.1) is 17.8 Å². The van der Waals surface area contributed by atoms with Crippen LogP contribution in [0.5, 0.6) is 11.5 Å². The van der Waals surface area contributed by atoms with Gasteiger partial charge in [0.25, 0.3) is 0 Å². The molecule has 0 radical (unpaired) electrons. The molecule has 0 bridgehead atoms. The molecule has 1 saturated carbocycles. The van der Waals surface area contributed by atoms with E-state index in [1.807, 2.05) is 18.2 Å². The van der Waals surface area contributed by atoms with Gasteiger partial charge in [0.05, 0.1) is 25.0 Å². The lowest BCUT2D eigenvalue weighted by Gasteiger charge is -2.46. The molecule has 3 aliphatic rings. The van der Waals surface area contributed by atoms with Gasteiger partial charge in [0.2, 0.25) is 5.91 Å². The normalized spacial score (nSPS) is 25.9. The van der Waals surface area contributed by atoms with Gasteiger partial charge in [-0.3, -0.25) is 24.1 Å². The van der Waals surface area contributed by atoms with Gasteiger partial charge in [0, 0.05) is 24.6 Å². The second-order valence-electron chi connectivity index (χ2n) is 11.8. The molecule has 42 heavy (non-hydrogen) atoms. The van der Waals surface area contributed by atoms with E-state index in [1.54, 1.807) is 13.2 Å². The van der Waals surface area contributed by atoms with Gasteiger partial charge in [-0.2, -0.15) is 0 Å². The summed E-state index contributed by atoms with van der Waals surface area (Å²) in [7, 11) is 1.57. The summed E-state index contributed by atoms with van der Waals surface area (Å²) in [5.41, 5.74) is 5.64. The lowest BCUT2D eigenvalue weighted by molar-refractivity contribution is -0.167. The summed E-state index contributed by atoms with van der Waals surface area (Å²) in [6, 6.07) is 9.11. The van der Waals surface area contributed by atoms with E-state index in [0.717, 1.165) is 30.8 Å². The van der Waals surface area contributed by atoms with Gasteiger partial charge in [-0.15, -0.1) is 0 Å². The Morgan fingerprint density at radius 1 is 1.10 bits per heavy atom. The number of piperidine rings is 1. The number of carbonyl (C=O) groups excluding carboxylic acids is 4. The molecule has 1 heterocycles. The summed E-state index contributed by atoms with van der Waals surface area (Å²) < 4.78 is 5.70. The first-order chi connectivity index (χ1) is 20.1. The number of aliphatic hydroxyl groups is 2. The molecule has 10 heteroatoms. The number of phenols is 1. The lowest BCUT2D eigenvalue weighted by Crippen LogP contribution is -2.63. The largest absolute Gasteiger partial charge is 0.507 e. The molecule has 224 valence electrons. The maximum absolute atomic E-state index is 14.0. The van der Waals surface area contributed by atoms with E-state index in [4.69, 9.17) is 10.5 Å². The average Bonchev–Trinajstić information content (AvgIpc) is 2.96. The molecule has 0 aromatic heterocycles. The molecule has 1 aliphatic heterocycles. The van der Waals surface area contributed by atoms with Crippen LogP contribution in [0.4, 0.5) is 0 Å². The molecule has 5 rings (SSSR count). The Hall–Kier alpha value is -3.60. The fraction of sp³-hybridized carbons (Fsp3) is 0.500. The van der Waals surface area contributed by atoms with E-state index >= 15 is 0 Å². The number of nitrogens with zero attached hydrogens (tertiary/aromatic N) is 1. The average molecular weight is 579 g/mol. The van der Waals surface area contributed by atoms with E-state index < -0.39 is 59.6 Å². The number of hydrogen-bond acceptors (Lipinski definition) is 9. The Morgan fingerprint density at radius 2 is 1.83 bits per heavy atom. The maximum Gasteiger partial charge on any atom is 0.225 e. The zero-order chi connectivity index (χ0) is 30.2. The molecule has 1 amide bonds. The Bertz CT molecular complexity index is 1420. The number of primary amides is 1.